The Morgan fingerprint density at radius 3 is 2.74 bits per heavy atom. The molecule has 0 aromatic heterocycles. The van der Waals surface area contributed by atoms with Gasteiger partial charge in [-0.15, -0.1) is 0 Å². The standard InChI is InChI=1S/C20H33N5O2/c1-16-7-9-18(10-8-16)25-12-5-6-17(15-25)23-20(21-11-13-27-4)22-14-19(26)24(2)3/h7-10,17H,5-6,11-15H2,1-4H3,(H2,21,22,23). The number of methoxy groups -OCH3 is 1. The molecule has 1 amide bonds. The first-order valence-electron chi connectivity index (χ1n) is 9.55. The number of piperidine rings is 1. The molecule has 1 aromatic rings. The smallest absolute Gasteiger partial charge is 0.243 e. The van der Waals surface area contributed by atoms with Crippen LogP contribution in [0.5, 0.6) is 0 Å². The lowest BCUT2D eigenvalue weighted by molar-refractivity contribution is -0.127. The zero-order valence-electron chi connectivity index (χ0n) is 17.0. The molecule has 0 radical (unpaired) electrons. The Morgan fingerprint density at radius 1 is 1.33 bits per heavy atom. The minimum absolute atomic E-state index is 0.0206. The number of aliphatic imine (C=N–C) groups is 1. The molecule has 0 bridgehead atoms. The van der Waals surface area contributed by atoms with E-state index >= 15 is 0 Å². The number of anilines is 1. The van der Waals surface area contributed by atoms with Gasteiger partial charge in [0, 0.05) is 52.6 Å². The van der Waals surface area contributed by atoms with Crippen molar-refractivity contribution in [1.29, 1.82) is 0 Å². The average Bonchev–Trinajstić information content (AvgIpc) is 2.66. The van der Waals surface area contributed by atoms with Crippen molar-refractivity contribution in [3.05, 3.63) is 29.8 Å². The molecule has 0 saturated carbocycles. The first-order chi connectivity index (χ1) is 13.0. The number of carbonyl (C=O) groups is 1. The van der Waals surface area contributed by atoms with Gasteiger partial charge in [0.1, 0.15) is 6.54 Å². The number of guanidine groups is 1. The zero-order valence-corrected chi connectivity index (χ0v) is 17.0. The quantitative estimate of drug-likeness (QED) is 0.426. The van der Waals surface area contributed by atoms with Gasteiger partial charge in [0.15, 0.2) is 5.96 Å². The Kier molecular flexibility index (Phi) is 8.39. The van der Waals surface area contributed by atoms with Crippen molar-refractivity contribution in [2.75, 3.05) is 58.9 Å². The Bertz CT molecular complexity index is 615. The van der Waals surface area contributed by atoms with Gasteiger partial charge in [-0.1, -0.05) is 17.7 Å². The first kappa shape index (κ1) is 21.0. The predicted octanol–water partition coefficient (Wildman–Crippen LogP) is 1.23. The zero-order chi connectivity index (χ0) is 19.6. The summed E-state index contributed by atoms with van der Waals surface area (Å²) in [5.41, 5.74) is 2.52. The molecule has 150 valence electrons. The van der Waals surface area contributed by atoms with E-state index in [1.165, 1.54) is 11.3 Å². The monoisotopic (exact) mass is 375 g/mol. The molecule has 1 saturated heterocycles. The number of likely N-dealkylation sites (N-methyl/N-ethyl adjacent to an activating group) is 1. The largest absolute Gasteiger partial charge is 0.383 e. The van der Waals surface area contributed by atoms with Gasteiger partial charge in [-0.25, -0.2) is 4.99 Å². The number of nitrogens with one attached hydrogen (secondary N) is 2. The Balaban J connectivity index is 1.98. The van der Waals surface area contributed by atoms with E-state index in [-0.39, 0.29) is 18.5 Å². The van der Waals surface area contributed by atoms with Crippen molar-refractivity contribution in [2.45, 2.75) is 25.8 Å². The minimum atomic E-state index is -0.0206. The maximum atomic E-state index is 11.9. The van der Waals surface area contributed by atoms with Crippen molar-refractivity contribution in [3.8, 4) is 0 Å². The molecule has 2 N–H and O–H groups in total. The van der Waals surface area contributed by atoms with E-state index in [4.69, 9.17) is 4.74 Å². The Hall–Kier alpha value is -2.28. The molecule has 1 fully saturated rings. The number of carbonyl (C=O) groups excluding carboxylic acids is 1. The van der Waals surface area contributed by atoms with Gasteiger partial charge in [0.2, 0.25) is 5.91 Å². The summed E-state index contributed by atoms with van der Waals surface area (Å²) >= 11 is 0. The second kappa shape index (κ2) is 10.8. The highest BCUT2D eigenvalue weighted by atomic mass is 16.5. The van der Waals surface area contributed by atoms with E-state index in [2.05, 4.69) is 51.7 Å². The lowest BCUT2D eigenvalue weighted by Crippen LogP contribution is -2.52. The first-order valence-corrected chi connectivity index (χ1v) is 9.55. The third-order valence-corrected chi connectivity index (χ3v) is 4.63. The van der Waals surface area contributed by atoms with Gasteiger partial charge in [-0.2, -0.15) is 0 Å². The van der Waals surface area contributed by atoms with Gasteiger partial charge in [0.25, 0.3) is 0 Å². The van der Waals surface area contributed by atoms with Gasteiger partial charge in [0.05, 0.1) is 6.61 Å². The minimum Gasteiger partial charge on any atom is -0.383 e. The Morgan fingerprint density at radius 2 is 2.07 bits per heavy atom. The normalized spacial score (nSPS) is 17.6. The van der Waals surface area contributed by atoms with Crippen molar-refractivity contribution < 1.29 is 9.53 Å². The molecule has 1 unspecified atom stereocenters. The van der Waals surface area contributed by atoms with E-state index in [1.54, 1.807) is 26.1 Å². The summed E-state index contributed by atoms with van der Waals surface area (Å²) in [6.07, 6.45) is 2.20. The fourth-order valence-electron chi connectivity index (χ4n) is 2.99. The molecule has 1 atom stereocenters. The van der Waals surface area contributed by atoms with Crippen LogP contribution in [-0.2, 0) is 9.53 Å². The Labute approximate surface area is 162 Å². The van der Waals surface area contributed by atoms with E-state index in [0.29, 0.717) is 19.1 Å². The third kappa shape index (κ3) is 7.09. The highest BCUT2D eigenvalue weighted by molar-refractivity contribution is 5.85. The van der Waals surface area contributed by atoms with Gasteiger partial charge in [-0.05, 0) is 31.9 Å². The van der Waals surface area contributed by atoms with Crippen LogP contribution in [0.3, 0.4) is 0 Å². The highest BCUT2D eigenvalue weighted by Gasteiger charge is 2.21. The highest BCUT2D eigenvalue weighted by Crippen LogP contribution is 2.20. The summed E-state index contributed by atoms with van der Waals surface area (Å²) in [6, 6.07) is 8.94. The molecule has 0 aliphatic carbocycles. The van der Waals surface area contributed by atoms with Crippen LogP contribution >= 0.6 is 0 Å². The second-order valence-corrected chi connectivity index (χ2v) is 7.14. The topological polar surface area (TPSA) is 69.2 Å². The van der Waals surface area contributed by atoms with E-state index < -0.39 is 0 Å². The summed E-state index contributed by atoms with van der Waals surface area (Å²) in [6.45, 7) is 5.44. The number of ether oxygens (including phenoxy) is 1. The molecule has 0 spiro atoms. The lowest BCUT2D eigenvalue weighted by Gasteiger charge is -2.35. The fraction of sp³-hybridized carbons (Fsp3) is 0.600. The summed E-state index contributed by atoms with van der Waals surface area (Å²) in [4.78, 5) is 20.3. The summed E-state index contributed by atoms with van der Waals surface area (Å²) in [5.74, 6) is 0.644. The van der Waals surface area contributed by atoms with Crippen molar-refractivity contribution in [2.24, 2.45) is 4.99 Å². The molecule has 27 heavy (non-hydrogen) atoms. The number of hydrogen-bond donors (Lipinski definition) is 2. The van der Waals surface area contributed by atoms with Gasteiger partial charge < -0.3 is 25.2 Å². The van der Waals surface area contributed by atoms with Crippen LogP contribution in [0.25, 0.3) is 0 Å². The number of rotatable bonds is 7. The van der Waals surface area contributed by atoms with E-state index in [1.807, 2.05) is 0 Å². The van der Waals surface area contributed by atoms with Crippen LogP contribution in [0.1, 0.15) is 18.4 Å². The van der Waals surface area contributed by atoms with Crippen LogP contribution in [0.2, 0.25) is 0 Å². The number of aryl methyl sites for hydroxylation is 1. The maximum absolute atomic E-state index is 11.9. The molecule has 7 heteroatoms. The van der Waals surface area contributed by atoms with Gasteiger partial charge in [-0.3, -0.25) is 4.79 Å². The molecule has 1 aromatic carbocycles. The third-order valence-electron chi connectivity index (χ3n) is 4.63. The lowest BCUT2D eigenvalue weighted by atomic mass is 10.0. The van der Waals surface area contributed by atoms with Crippen LogP contribution in [-0.4, -0.2) is 76.8 Å². The molecule has 1 heterocycles. The van der Waals surface area contributed by atoms with Crippen molar-refractivity contribution in [3.63, 3.8) is 0 Å². The molecule has 2 rings (SSSR count). The van der Waals surface area contributed by atoms with E-state index in [0.717, 1.165) is 25.9 Å². The van der Waals surface area contributed by atoms with E-state index in [9.17, 15) is 4.79 Å². The van der Waals surface area contributed by atoms with Crippen LogP contribution < -0.4 is 15.5 Å². The van der Waals surface area contributed by atoms with Crippen molar-refractivity contribution >= 4 is 17.6 Å². The van der Waals surface area contributed by atoms with Crippen LogP contribution in [0.4, 0.5) is 5.69 Å². The SMILES string of the molecule is COCCNC(=NCC(=O)N(C)C)NC1CCCN(c2ccc(C)cc2)C1. The second-order valence-electron chi connectivity index (χ2n) is 7.14. The summed E-state index contributed by atoms with van der Waals surface area (Å²) in [5, 5.41) is 6.74. The maximum Gasteiger partial charge on any atom is 0.243 e. The molecular weight excluding hydrogens is 342 g/mol. The molecule has 1 aliphatic heterocycles. The van der Waals surface area contributed by atoms with Crippen LogP contribution in [0, 0.1) is 6.92 Å². The molecule has 1 aliphatic rings. The average molecular weight is 376 g/mol. The van der Waals surface area contributed by atoms with Crippen molar-refractivity contribution in [1.82, 2.24) is 15.5 Å². The molecular formula is C20H33N5O2. The summed E-state index contributed by atoms with van der Waals surface area (Å²) < 4.78 is 5.10. The number of nitrogens with zero attached hydrogens (tertiary/aromatic N) is 3. The number of hydrogen-bond acceptors (Lipinski definition) is 4. The predicted molar refractivity (Wildman–Crippen MR) is 110 cm³/mol. The van der Waals surface area contributed by atoms with Crippen LogP contribution in [0.15, 0.2) is 29.3 Å². The number of amides is 1. The summed E-state index contributed by atoms with van der Waals surface area (Å²) in [7, 11) is 5.15. The fourth-order valence-corrected chi connectivity index (χ4v) is 2.99. The molecule has 7 nitrogen and oxygen atoms in total. The number of benzene rings is 1. The van der Waals surface area contributed by atoms with Gasteiger partial charge >= 0.3 is 0 Å².